The minimum atomic E-state index is -4.47. The van der Waals surface area contributed by atoms with Gasteiger partial charge in [-0.25, -0.2) is 0 Å². The van der Waals surface area contributed by atoms with Crippen LogP contribution in [-0.2, 0) is 29.3 Å². The zero-order valence-electron chi connectivity index (χ0n) is 19.4. The van der Waals surface area contributed by atoms with Crippen molar-refractivity contribution in [1.29, 1.82) is 0 Å². The van der Waals surface area contributed by atoms with Crippen molar-refractivity contribution >= 4 is 23.2 Å². The smallest absolute Gasteiger partial charge is 0.380 e. The Bertz CT molecular complexity index is 1210. The number of aromatic nitrogens is 3. The number of alkyl halides is 3. The van der Waals surface area contributed by atoms with Crippen molar-refractivity contribution in [3.63, 3.8) is 0 Å². The first-order valence-electron chi connectivity index (χ1n) is 11.3. The lowest BCUT2D eigenvalue weighted by Gasteiger charge is -2.31. The highest BCUT2D eigenvalue weighted by molar-refractivity contribution is 5.92. The summed E-state index contributed by atoms with van der Waals surface area (Å²) in [4.78, 5) is 25.3. The molecule has 3 N–H and O–H groups in total. The van der Waals surface area contributed by atoms with E-state index in [1.807, 2.05) is 0 Å². The van der Waals surface area contributed by atoms with Crippen LogP contribution in [0, 0.1) is 5.92 Å². The van der Waals surface area contributed by atoms with Crippen LogP contribution in [0.5, 0.6) is 0 Å². The van der Waals surface area contributed by atoms with Crippen molar-refractivity contribution in [2.75, 3.05) is 18.5 Å². The largest absolute Gasteiger partial charge is 0.418 e. The minimum Gasteiger partial charge on any atom is -0.380 e. The van der Waals surface area contributed by atoms with Gasteiger partial charge in [0, 0.05) is 31.9 Å². The molecule has 0 bridgehead atoms. The molecule has 36 heavy (non-hydrogen) atoms. The predicted molar refractivity (Wildman–Crippen MR) is 124 cm³/mol. The third-order valence-corrected chi connectivity index (χ3v) is 5.78. The van der Waals surface area contributed by atoms with Crippen molar-refractivity contribution in [2.24, 2.45) is 13.0 Å². The standard InChI is InChI=1S/C24H25F3N6O3/c1-33-13-21(31-32-33)23(35)30-19-10-11-36-14-17(19)22(34)28-12-15-6-8-16(9-7-15)29-20-5-3-2-4-18(20)24(25,26)27/h2-9,13,17,19,29H,10-12,14H2,1H3,(H,28,34)(H,30,35)/t17-,19?/m1/s1. The van der Waals surface area contributed by atoms with Gasteiger partial charge in [0.25, 0.3) is 5.91 Å². The van der Waals surface area contributed by atoms with Crippen LogP contribution in [0.4, 0.5) is 24.5 Å². The minimum absolute atomic E-state index is 0.0436. The molecule has 3 aromatic rings. The van der Waals surface area contributed by atoms with Crippen molar-refractivity contribution in [2.45, 2.75) is 25.2 Å². The number of carbonyl (C=O) groups excluding carboxylic acids is 2. The Morgan fingerprint density at radius 3 is 2.58 bits per heavy atom. The quantitative estimate of drug-likeness (QED) is 0.458. The summed E-state index contributed by atoms with van der Waals surface area (Å²) in [5.74, 6) is -1.28. The summed E-state index contributed by atoms with van der Waals surface area (Å²) in [6.07, 6.45) is -2.50. The van der Waals surface area contributed by atoms with Crippen LogP contribution in [0.15, 0.2) is 54.7 Å². The van der Waals surface area contributed by atoms with Crippen LogP contribution in [0.25, 0.3) is 0 Å². The zero-order chi connectivity index (χ0) is 25.7. The van der Waals surface area contributed by atoms with Gasteiger partial charge in [-0.05, 0) is 36.2 Å². The van der Waals surface area contributed by atoms with E-state index in [9.17, 15) is 22.8 Å². The van der Waals surface area contributed by atoms with Gasteiger partial charge in [-0.2, -0.15) is 13.2 Å². The van der Waals surface area contributed by atoms with E-state index in [4.69, 9.17) is 4.74 Å². The van der Waals surface area contributed by atoms with Gasteiger partial charge in [0.1, 0.15) is 0 Å². The summed E-state index contributed by atoms with van der Waals surface area (Å²) >= 11 is 0. The number of rotatable bonds is 7. The molecule has 1 aliphatic heterocycles. The summed E-state index contributed by atoms with van der Waals surface area (Å²) in [6, 6.07) is 11.5. The van der Waals surface area contributed by atoms with Crippen molar-refractivity contribution in [1.82, 2.24) is 25.6 Å². The predicted octanol–water partition coefficient (Wildman–Crippen LogP) is 3.03. The number of benzene rings is 2. The molecule has 1 aliphatic rings. The molecule has 9 nitrogen and oxygen atoms in total. The summed E-state index contributed by atoms with van der Waals surface area (Å²) in [5, 5.41) is 16.0. The van der Waals surface area contributed by atoms with E-state index < -0.39 is 29.6 Å². The van der Waals surface area contributed by atoms with Crippen LogP contribution < -0.4 is 16.0 Å². The van der Waals surface area contributed by atoms with Crippen LogP contribution >= 0.6 is 0 Å². The molecule has 0 saturated carbocycles. The van der Waals surface area contributed by atoms with Crippen LogP contribution in [0.3, 0.4) is 0 Å². The van der Waals surface area contributed by atoms with Gasteiger partial charge in [-0.1, -0.05) is 29.5 Å². The van der Waals surface area contributed by atoms with Crippen molar-refractivity contribution < 1.29 is 27.5 Å². The SMILES string of the molecule is Cn1cc(C(=O)NC2CCOC[C@H]2C(=O)NCc2ccc(Nc3ccccc3C(F)(F)F)cc2)nn1. The number of aryl methyl sites for hydroxylation is 1. The molecule has 2 amide bonds. The Hall–Kier alpha value is -3.93. The number of nitrogens with one attached hydrogen (secondary N) is 3. The highest BCUT2D eigenvalue weighted by atomic mass is 19.4. The first-order chi connectivity index (χ1) is 17.2. The second-order valence-corrected chi connectivity index (χ2v) is 8.41. The molecule has 190 valence electrons. The lowest BCUT2D eigenvalue weighted by Crippen LogP contribution is -2.51. The normalized spacial score (nSPS) is 17.9. The number of anilines is 2. The molecular weight excluding hydrogens is 477 g/mol. The molecular formula is C24H25F3N6O3. The fourth-order valence-corrected chi connectivity index (χ4v) is 3.88. The number of para-hydroxylation sites is 1. The number of hydrogen-bond acceptors (Lipinski definition) is 6. The highest BCUT2D eigenvalue weighted by Gasteiger charge is 2.34. The lowest BCUT2D eigenvalue weighted by atomic mass is 9.94. The van der Waals surface area contributed by atoms with Crippen LogP contribution in [-0.4, -0.2) is 46.1 Å². The Labute approximate surface area is 205 Å². The summed E-state index contributed by atoms with van der Waals surface area (Å²) in [7, 11) is 1.65. The maximum Gasteiger partial charge on any atom is 0.418 e. The van der Waals surface area contributed by atoms with Gasteiger partial charge in [0.05, 0.1) is 30.0 Å². The molecule has 2 atom stereocenters. The monoisotopic (exact) mass is 502 g/mol. The average molecular weight is 502 g/mol. The Morgan fingerprint density at radius 1 is 1.14 bits per heavy atom. The number of hydrogen-bond donors (Lipinski definition) is 3. The van der Waals surface area contributed by atoms with Crippen molar-refractivity contribution in [3.8, 4) is 0 Å². The highest BCUT2D eigenvalue weighted by Crippen LogP contribution is 2.35. The van der Waals surface area contributed by atoms with Gasteiger partial charge in [0.15, 0.2) is 5.69 Å². The Balaban J connectivity index is 1.34. The molecule has 1 fully saturated rings. The maximum atomic E-state index is 13.2. The molecule has 0 aliphatic carbocycles. The average Bonchev–Trinajstić information content (AvgIpc) is 3.30. The van der Waals surface area contributed by atoms with E-state index in [2.05, 4.69) is 26.3 Å². The molecule has 12 heteroatoms. The Kier molecular flexibility index (Phi) is 7.53. The van der Waals surface area contributed by atoms with E-state index in [-0.39, 0.29) is 30.4 Å². The van der Waals surface area contributed by atoms with E-state index in [1.54, 1.807) is 31.3 Å². The number of nitrogens with zero attached hydrogens (tertiary/aromatic N) is 3. The fourth-order valence-electron chi connectivity index (χ4n) is 3.88. The number of carbonyl (C=O) groups is 2. The molecule has 4 rings (SSSR count). The lowest BCUT2D eigenvalue weighted by molar-refractivity contribution is -0.137. The summed E-state index contributed by atoms with van der Waals surface area (Å²) in [5.41, 5.74) is 0.605. The first kappa shape index (κ1) is 25.2. The zero-order valence-corrected chi connectivity index (χ0v) is 19.4. The number of amides is 2. The molecule has 1 saturated heterocycles. The molecule has 1 aromatic heterocycles. The van der Waals surface area contributed by atoms with E-state index >= 15 is 0 Å². The maximum absolute atomic E-state index is 13.2. The van der Waals surface area contributed by atoms with Crippen LogP contribution in [0.2, 0.25) is 0 Å². The van der Waals surface area contributed by atoms with E-state index in [0.717, 1.165) is 11.6 Å². The van der Waals surface area contributed by atoms with Gasteiger partial charge in [0.2, 0.25) is 5.91 Å². The Morgan fingerprint density at radius 2 is 1.89 bits per heavy atom. The van der Waals surface area contributed by atoms with Crippen LogP contribution in [0.1, 0.15) is 28.0 Å². The second-order valence-electron chi connectivity index (χ2n) is 8.41. The molecule has 2 aromatic carbocycles. The third kappa shape index (κ3) is 6.19. The van der Waals surface area contributed by atoms with E-state index in [1.165, 1.54) is 29.1 Å². The van der Waals surface area contributed by atoms with E-state index in [0.29, 0.717) is 18.7 Å². The summed E-state index contributed by atoms with van der Waals surface area (Å²) < 4.78 is 46.5. The molecule has 2 heterocycles. The first-order valence-corrected chi connectivity index (χ1v) is 11.3. The van der Waals surface area contributed by atoms with Gasteiger partial charge >= 0.3 is 6.18 Å². The van der Waals surface area contributed by atoms with Gasteiger partial charge in [-0.15, -0.1) is 5.10 Å². The second kappa shape index (κ2) is 10.8. The summed E-state index contributed by atoms with van der Waals surface area (Å²) in [6.45, 7) is 0.791. The van der Waals surface area contributed by atoms with Gasteiger partial charge in [-0.3, -0.25) is 14.3 Å². The molecule has 1 unspecified atom stereocenters. The number of halogens is 3. The van der Waals surface area contributed by atoms with Gasteiger partial charge < -0.3 is 20.7 Å². The topological polar surface area (TPSA) is 110 Å². The third-order valence-electron chi connectivity index (χ3n) is 5.78. The fraction of sp³-hybridized carbons (Fsp3) is 0.333. The molecule has 0 spiro atoms. The number of ether oxygens (including phenoxy) is 1. The van der Waals surface area contributed by atoms with Crippen molar-refractivity contribution in [3.05, 3.63) is 71.5 Å². The molecule has 0 radical (unpaired) electrons.